The van der Waals surface area contributed by atoms with Crippen LogP contribution in [0.1, 0.15) is 16.8 Å². The van der Waals surface area contributed by atoms with Crippen molar-refractivity contribution in [2.24, 2.45) is 5.92 Å². The minimum Gasteiger partial charge on any atom is -0.391 e. The lowest BCUT2D eigenvalue weighted by molar-refractivity contribution is 0.151. The van der Waals surface area contributed by atoms with E-state index in [1.54, 1.807) is 0 Å². The second-order valence-corrected chi connectivity index (χ2v) is 8.07. The highest BCUT2D eigenvalue weighted by molar-refractivity contribution is 7.98. The lowest BCUT2D eigenvalue weighted by Gasteiger charge is -2.16. The number of aliphatic hydroxyl groups is 1. The second kappa shape index (κ2) is 7.78. The second-order valence-electron chi connectivity index (χ2n) is 7.04. The van der Waals surface area contributed by atoms with Gasteiger partial charge < -0.3 is 10.8 Å². The smallest absolute Gasteiger partial charge is 0.130 e. The predicted molar refractivity (Wildman–Crippen MR) is 107 cm³/mol. The van der Waals surface area contributed by atoms with Gasteiger partial charge in [0.25, 0.3) is 0 Å². The Morgan fingerprint density at radius 3 is 2.88 bits per heavy atom. The number of aromatic nitrogens is 2. The van der Waals surface area contributed by atoms with E-state index in [9.17, 15) is 5.11 Å². The fraction of sp³-hybridized carbons (Fsp3) is 0.400. The van der Waals surface area contributed by atoms with Crippen molar-refractivity contribution in [3.8, 4) is 0 Å². The Kier molecular flexibility index (Phi) is 5.24. The summed E-state index contributed by atoms with van der Waals surface area (Å²) < 4.78 is 0. The van der Waals surface area contributed by atoms with E-state index in [1.165, 1.54) is 17.5 Å². The Morgan fingerprint density at radius 2 is 2.04 bits per heavy atom. The van der Waals surface area contributed by atoms with Crippen LogP contribution in [-0.2, 0) is 12.2 Å². The van der Waals surface area contributed by atoms with Gasteiger partial charge in [-0.15, -0.1) is 0 Å². The third kappa shape index (κ3) is 3.77. The van der Waals surface area contributed by atoms with Crippen molar-refractivity contribution in [2.75, 3.05) is 31.1 Å². The van der Waals surface area contributed by atoms with Gasteiger partial charge in [0.2, 0.25) is 0 Å². The summed E-state index contributed by atoms with van der Waals surface area (Å²) in [6, 6.07) is 10.5. The molecule has 2 aliphatic rings. The lowest BCUT2D eigenvalue weighted by Crippen LogP contribution is -2.24. The van der Waals surface area contributed by atoms with Gasteiger partial charge >= 0.3 is 0 Å². The number of hydrogen-bond donors (Lipinski definition) is 2. The van der Waals surface area contributed by atoms with Crippen LogP contribution in [0, 0.1) is 5.92 Å². The number of nitrogen functional groups attached to an aromatic ring is 1. The maximum atomic E-state index is 10.4. The molecule has 0 amide bonds. The third-order valence-electron chi connectivity index (χ3n) is 5.15. The molecular formula is C20H24N4OS. The van der Waals surface area contributed by atoms with Crippen molar-refractivity contribution in [2.45, 2.75) is 18.3 Å². The number of thioether (sulfide) groups is 1. The fourth-order valence-corrected chi connectivity index (χ4v) is 4.92. The highest BCUT2D eigenvalue weighted by Crippen LogP contribution is 2.31. The molecule has 5 nitrogen and oxygen atoms in total. The summed E-state index contributed by atoms with van der Waals surface area (Å²) in [5.74, 6) is 2.88. The summed E-state index contributed by atoms with van der Waals surface area (Å²) in [5, 5.41) is 10.4. The van der Waals surface area contributed by atoms with E-state index in [4.69, 9.17) is 5.73 Å². The van der Waals surface area contributed by atoms with Gasteiger partial charge in [-0.05, 0) is 17.6 Å². The van der Waals surface area contributed by atoms with Crippen LogP contribution in [0.2, 0.25) is 0 Å². The van der Waals surface area contributed by atoms with Gasteiger partial charge in [-0.3, -0.25) is 4.90 Å². The number of aliphatic hydroxyl groups excluding tert-OH is 1. The van der Waals surface area contributed by atoms with Crippen LogP contribution in [0.15, 0.2) is 42.7 Å². The van der Waals surface area contributed by atoms with E-state index >= 15 is 0 Å². The molecule has 4 rings (SSSR count). The van der Waals surface area contributed by atoms with Crippen LogP contribution < -0.4 is 5.73 Å². The minimum absolute atomic E-state index is 0.254. The van der Waals surface area contributed by atoms with Crippen LogP contribution >= 0.6 is 11.8 Å². The number of rotatable bonds is 6. The van der Waals surface area contributed by atoms with Crippen molar-refractivity contribution in [3.05, 3.63) is 59.6 Å². The highest BCUT2D eigenvalue weighted by Gasteiger charge is 2.32. The average Bonchev–Trinajstić information content (AvgIpc) is 3.21. The largest absolute Gasteiger partial charge is 0.391 e. The quantitative estimate of drug-likeness (QED) is 0.814. The van der Waals surface area contributed by atoms with Crippen molar-refractivity contribution in [1.29, 1.82) is 0 Å². The molecule has 6 heteroatoms. The Morgan fingerprint density at radius 1 is 1.19 bits per heavy atom. The van der Waals surface area contributed by atoms with Crippen molar-refractivity contribution < 1.29 is 5.11 Å². The van der Waals surface area contributed by atoms with Crippen LogP contribution in [0.4, 0.5) is 5.82 Å². The molecule has 1 aliphatic carbocycles. The van der Waals surface area contributed by atoms with Crippen LogP contribution in [0.5, 0.6) is 0 Å². The molecule has 0 bridgehead atoms. The normalized spacial score (nSPS) is 22.4. The molecule has 0 unspecified atom stereocenters. The number of anilines is 1. The molecule has 0 spiro atoms. The van der Waals surface area contributed by atoms with Gasteiger partial charge in [0.15, 0.2) is 0 Å². The molecule has 1 saturated heterocycles. The molecule has 1 fully saturated rings. The summed E-state index contributed by atoms with van der Waals surface area (Å²) >= 11 is 1.90. The summed E-state index contributed by atoms with van der Waals surface area (Å²) in [7, 11) is 0. The van der Waals surface area contributed by atoms with E-state index < -0.39 is 0 Å². The first-order valence-corrected chi connectivity index (χ1v) is 10.2. The van der Waals surface area contributed by atoms with Crippen molar-refractivity contribution in [1.82, 2.24) is 14.9 Å². The Labute approximate surface area is 158 Å². The molecule has 26 heavy (non-hydrogen) atoms. The SMILES string of the molecule is Nc1ncnc2c1CC=C2CN1C[C@H](CSCc2ccccc2)[C@H](O)C1. The third-order valence-corrected chi connectivity index (χ3v) is 6.36. The molecule has 2 heterocycles. The molecule has 1 aromatic heterocycles. The number of hydrogen-bond acceptors (Lipinski definition) is 6. The summed E-state index contributed by atoms with van der Waals surface area (Å²) in [6.45, 7) is 2.47. The summed E-state index contributed by atoms with van der Waals surface area (Å²) in [4.78, 5) is 10.8. The number of likely N-dealkylation sites (tertiary alicyclic amines) is 1. The molecular weight excluding hydrogens is 344 g/mol. The van der Waals surface area contributed by atoms with Crippen LogP contribution in [0.25, 0.3) is 5.57 Å². The van der Waals surface area contributed by atoms with Crippen molar-refractivity contribution in [3.63, 3.8) is 0 Å². The van der Waals surface area contributed by atoms with Gasteiger partial charge in [-0.1, -0.05) is 36.4 Å². The van der Waals surface area contributed by atoms with Gasteiger partial charge in [0.05, 0.1) is 11.8 Å². The Hall–Kier alpha value is -1.89. The Bertz CT molecular complexity index is 796. The molecule has 2 aromatic rings. The summed E-state index contributed by atoms with van der Waals surface area (Å²) in [6.07, 6.45) is 4.29. The number of allylic oxidation sites excluding steroid dienone is 1. The Balaban J connectivity index is 1.30. The molecule has 1 aromatic carbocycles. The van der Waals surface area contributed by atoms with Gasteiger partial charge in [-0.2, -0.15) is 11.8 Å². The predicted octanol–water partition coefficient (Wildman–Crippen LogP) is 2.22. The average molecular weight is 369 g/mol. The number of benzene rings is 1. The molecule has 1 aliphatic heterocycles. The zero-order valence-electron chi connectivity index (χ0n) is 14.7. The maximum Gasteiger partial charge on any atom is 0.130 e. The molecule has 0 radical (unpaired) electrons. The zero-order chi connectivity index (χ0) is 17.9. The molecule has 0 saturated carbocycles. The zero-order valence-corrected chi connectivity index (χ0v) is 15.5. The monoisotopic (exact) mass is 368 g/mol. The summed E-state index contributed by atoms with van der Waals surface area (Å²) in [5.41, 5.74) is 10.5. The first-order chi connectivity index (χ1) is 12.7. The maximum absolute atomic E-state index is 10.4. The number of nitrogens with zero attached hydrogens (tertiary/aromatic N) is 3. The van der Waals surface area contributed by atoms with Gasteiger partial charge in [0, 0.05) is 42.6 Å². The van der Waals surface area contributed by atoms with Crippen LogP contribution in [0.3, 0.4) is 0 Å². The first-order valence-electron chi connectivity index (χ1n) is 9.01. The topological polar surface area (TPSA) is 75.3 Å². The number of β-amino-alcohol motifs (C(OH)–C–C–N with tert-alkyl or cyclic N) is 1. The number of nitrogens with two attached hydrogens (primary N) is 1. The van der Waals surface area contributed by atoms with E-state index in [2.05, 4.69) is 45.2 Å². The number of fused-ring (bicyclic) bond motifs is 1. The van der Waals surface area contributed by atoms with E-state index in [-0.39, 0.29) is 6.10 Å². The van der Waals surface area contributed by atoms with E-state index in [1.807, 2.05) is 17.8 Å². The molecule has 2 atom stereocenters. The molecule has 3 N–H and O–H groups in total. The first kappa shape index (κ1) is 17.5. The fourth-order valence-electron chi connectivity index (χ4n) is 3.74. The highest BCUT2D eigenvalue weighted by atomic mass is 32.2. The van der Waals surface area contributed by atoms with Crippen LogP contribution in [-0.4, -0.2) is 51.5 Å². The van der Waals surface area contributed by atoms with Gasteiger partial charge in [0.1, 0.15) is 12.1 Å². The molecule has 136 valence electrons. The minimum atomic E-state index is -0.254. The van der Waals surface area contributed by atoms with E-state index in [0.29, 0.717) is 11.7 Å². The van der Waals surface area contributed by atoms with Crippen molar-refractivity contribution >= 4 is 23.2 Å². The standard InChI is InChI=1S/C20H24N4OS/c21-20-17-7-6-15(19(17)22-13-23-20)8-24-9-16(18(25)10-24)12-26-11-14-4-2-1-3-5-14/h1-6,13,16,18,25H,7-12H2,(H2,21,22,23)/t16-,18-/m1/s1. The van der Waals surface area contributed by atoms with E-state index in [0.717, 1.165) is 48.8 Å². The lowest BCUT2D eigenvalue weighted by atomic mass is 10.1. The van der Waals surface area contributed by atoms with Gasteiger partial charge in [-0.25, -0.2) is 9.97 Å².